The Labute approximate surface area is 201 Å². The van der Waals surface area contributed by atoms with Crippen molar-refractivity contribution in [1.82, 2.24) is 9.62 Å². The van der Waals surface area contributed by atoms with E-state index >= 15 is 4.39 Å². The van der Waals surface area contributed by atoms with Crippen molar-refractivity contribution in [1.29, 1.82) is 0 Å². The molecule has 11 heteroatoms. The zero-order valence-electron chi connectivity index (χ0n) is 19.2. The molecule has 1 spiro atoms. The summed E-state index contributed by atoms with van der Waals surface area (Å²) in [6, 6.07) is 3.79. The van der Waals surface area contributed by atoms with Crippen LogP contribution in [0.5, 0.6) is 0 Å². The van der Waals surface area contributed by atoms with Gasteiger partial charge in [-0.25, -0.2) is 30.7 Å². The number of likely N-dealkylation sites (tertiary alicyclic amines) is 1. The van der Waals surface area contributed by atoms with Crippen LogP contribution in [0.1, 0.15) is 25.3 Å². The molecule has 1 N–H and O–H groups in total. The monoisotopic (exact) mass is 514 g/mol. The fourth-order valence-electron chi connectivity index (χ4n) is 4.90. The van der Waals surface area contributed by atoms with Crippen LogP contribution in [0.3, 0.4) is 0 Å². The fraction of sp³-hybridized carbons (Fsp3) is 0.458. The standard InChI is InChI=1S/C24H26F4N2O4S/c1-14(34-2)23(31)30-12-24(6-7-24)22(29-35(32,33)13-25)20(30)10-15-4-3-5-19(21(15)28)16-8-17(26)11-18(27)9-16/h3-5,8-9,11,14,20,22,29H,6-7,10,12-13H2,1-2H3/t14-,20+,22-/m1/s1. The Kier molecular flexibility index (Phi) is 6.96. The average Bonchev–Trinajstić information content (AvgIpc) is 3.54. The van der Waals surface area contributed by atoms with Gasteiger partial charge in [0.2, 0.25) is 16.0 Å². The number of rotatable bonds is 8. The van der Waals surface area contributed by atoms with E-state index in [4.69, 9.17) is 4.74 Å². The van der Waals surface area contributed by atoms with Gasteiger partial charge in [-0.05, 0) is 49.4 Å². The molecule has 1 saturated carbocycles. The number of nitrogens with one attached hydrogen (secondary N) is 1. The molecule has 0 radical (unpaired) electrons. The topological polar surface area (TPSA) is 75.7 Å². The van der Waals surface area contributed by atoms with Gasteiger partial charge >= 0.3 is 0 Å². The highest BCUT2D eigenvalue weighted by Gasteiger charge is 2.61. The van der Waals surface area contributed by atoms with Gasteiger partial charge in [0.15, 0.2) is 0 Å². The van der Waals surface area contributed by atoms with E-state index in [1.54, 1.807) is 6.92 Å². The number of benzene rings is 2. The normalized spacial score (nSPS) is 21.9. The third-order valence-corrected chi connectivity index (χ3v) is 7.84. The maximum absolute atomic E-state index is 15.6. The Balaban J connectivity index is 1.74. The number of carbonyl (C=O) groups excluding carboxylic acids is 1. The Morgan fingerprint density at radius 2 is 1.86 bits per heavy atom. The van der Waals surface area contributed by atoms with Gasteiger partial charge in [-0.3, -0.25) is 4.79 Å². The van der Waals surface area contributed by atoms with Crippen LogP contribution in [0.4, 0.5) is 17.6 Å². The van der Waals surface area contributed by atoms with Gasteiger partial charge < -0.3 is 9.64 Å². The minimum Gasteiger partial charge on any atom is -0.372 e. The number of amides is 1. The van der Waals surface area contributed by atoms with Crippen molar-refractivity contribution >= 4 is 15.9 Å². The van der Waals surface area contributed by atoms with E-state index in [1.807, 2.05) is 0 Å². The molecular weight excluding hydrogens is 488 g/mol. The largest absolute Gasteiger partial charge is 0.372 e. The van der Waals surface area contributed by atoms with Crippen molar-refractivity contribution in [2.75, 3.05) is 19.7 Å². The number of ether oxygens (including phenoxy) is 1. The Morgan fingerprint density at radius 1 is 1.20 bits per heavy atom. The Bertz CT molecular complexity index is 1220. The van der Waals surface area contributed by atoms with Gasteiger partial charge in [-0.1, -0.05) is 18.2 Å². The van der Waals surface area contributed by atoms with Crippen molar-refractivity contribution in [3.05, 3.63) is 59.4 Å². The van der Waals surface area contributed by atoms with Crippen LogP contribution in [0.15, 0.2) is 36.4 Å². The predicted octanol–water partition coefficient (Wildman–Crippen LogP) is 3.55. The van der Waals surface area contributed by atoms with Gasteiger partial charge in [-0.15, -0.1) is 0 Å². The second kappa shape index (κ2) is 9.51. The lowest BCUT2D eigenvalue weighted by Gasteiger charge is -2.30. The van der Waals surface area contributed by atoms with Gasteiger partial charge in [0.1, 0.15) is 23.6 Å². The molecule has 2 aromatic carbocycles. The molecule has 1 amide bonds. The zero-order chi connectivity index (χ0) is 25.5. The van der Waals surface area contributed by atoms with Crippen molar-refractivity contribution in [2.45, 2.75) is 44.4 Å². The summed E-state index contributed by atoms with van der Waals surface area (Å²) in [6.45, 7) is 1.78. The van der Waals surface area contributed by atoms with Crippen molar-refractivity contribution in [2.24, 2.45) is 5.41 Å². The summed E-state index contributed by atoms with van der Waals surface area (Å²) in [7, 11) is -2.90. The molecule has 1 aliphatic carbocycles. The highest BCUT2D eigenvalue weighted by Crippen LogP contribution is 2.55. The maximum Gasteiger partial charge on any atom is 0.251 e. The smallest absolute Gasteiger partial charge is 0.251 e. The van der Waals surface area contributed by atoms with Crippen LogP contribution >= 0.6 is 0 Å². The molecule has 6 nitrogen and oxygen atoms in total. The maximum atomic E-state index is 15.6. The first kappa shape index (κ1) is 25.6. The number of halogens is 4. The molecule has 4 rings (SSSR count). The Hall–Kier alpha value is -2.50. The minimum absolute atomic E-state index is 0.00237. The van der Waals surface area contributed by atoms with E-state index < -0.39 is 63.0 Å². The summed E-state index contributed by atoms with van der Waals surface area (Å²) in [4.78, 5) is 14.6. The Morgan fingerprint density at radius 3 is 2.43 bits per heavy atom. The zero-order valence-corrected chi connectivity index (χ0v) is 20.0. The van der Waals surface area contributed by atoms with E-state index in [0.717, 1.165) is 12.1 Å². The number of nitrogens with zero attached hydrogens (tertiary/aromatic N) is 1. The third-order valence-electron chi connectivity index (χ3n) is 6.94. The average molecular weight is 515 g/mol. The summed E-state index contributed by atoms with van der Waals surface area (Å²) >= 11 is 0. The molecular formula is C24H26F4N2O4S. The summed E-state index contributed by atoms with van der Waals surface area (Å²) < 4.78 is 88.1. The molecule has 0 unspecified atom stereocenters. The van der Waals surface area contributed by atoms with Crippen LogP contribution in [-0.4, -0.2) is 57.1 Å². The summed E-state index contributed by atoms with van der Waals surface area (Å²) in [5, 5.41) is 0. The number of hydrogen-bond donors (Lipinski definition) is 1. The minimum atomic E-state index is -4.27. The summed E-state index contributed by atoms with van der Waals surface area (Å²) in [5.41, 5.74) is -0.482. The molecule has 0 aromatic heterocycles. The van der Waals surface area contributed by atoms with E-state index in [9.17, 15) is 26.4 Å². The number of sulfonamides is 1. The fourth-order valence-corrected chi connectivity index (χ4v) is 5.76. The van der Waals surface area contributed by atoms with E-state index in [-0.39, 0.29) is 29.7 Å². The molecule has 2 fully saturated rings. The first-order valence-corrected chi connectivity index (χ1v) is 12.8. The van der Waals surface area contributed by atoms with Crippen LogP contribution in [0, 0.1) is 22.9 Å². The second-order valence-corrected chi connectivity index (χ2v) is 10.9. The van der Waals surface area contributed by atoms with Crippen LogP contribution < -0.4 is 4.72 Å². The van der Waals surface area contributed by atoms with Crippen molar-refractivity contribution in [3.8, 4) is 11.1 Å². The van der Waals surface area contributed by atoms with Gasteiger partial charge in [0, 0.05) is 36.7 Å². The van der Waals surface area contributed by atoms with Crippen LogP contribution in [0.25, 0.3) is 11.1 Å². The predicted molar refractivity (Wildman–Crippen MR) is 121 cm³/mol. The summed E-state index contributed by atoms with van der Waals surface area (Å²) in [5.74, 6) is -2.85. The lowest BCUT2D eigenvalue weighted by atomic mass is 9.91. The molecule has 1 saturated heterocycles. The first-order valence-electron chi connectivity index (χ1n) is 11.1. The van der Waals surface area contributed by atoms with Gasteiger partial charge in [-0.2, -0.15) is 0 Å². The number of methoxy groups -OCH3 is 1. The van der Waals surface area contributed by atoms with Crippen molar-refractivity contribution in [3.63, 3.8) is 0 Å². The summed E-state index contributed by atoms with van der Waals surface area (Å²) in [6.07, 6.45) is 0.329. The highest BCUT2D eigenvalue weighted by atomic mass is 32.2. The second-order valence-electron chi connectivity index (χ2n) is 9.23. The molecule has 190 valence electrons. The van der Waals surface area contributed by atoms with Crippen molar-refractivity contribution < 1.29 is 35.5 Å². The van der Waals surface area contributed by atoms with E-state index in [2.05, 4.69) is 4.72 Å². The molecule has 1 aliphatic heterocycles. The van der Waals surface area contributed by atoms with Crippen LogP contribution in [-0.2, 0) is 26.0 Å². The van der Waals surface area contributed by atoms with E-state index in [1.165, 1.54) is 30.2 Å². The lowest BCUT2D eigenvalue weighted by Crippen LogP contribution is -2.51. The number of alkyl halides is 1. The number of carbonyl (C=O) groups is 1. The van der Waals surface area contributed by atoms with Crippen LogP contribution in [0.2, 0.25) is 0 Å². The molecule has 2 aliphatic rings. The highest BCUT2D eigenvalue weighted by molar-refractivity contribution is 7.89. The van der Waals surface area contributed by atoms with E-state index in [0.29, 0.717) is 18.9 Å². The SMILES string of the molecule is CO[C@H](C)C(=O)N1CC2(CC2)[C@H](NS(=O)(=O)CF)[C@@H]1Cc1cccc(-c2cc(F)cc(F)c2)c1F. The quantitative estimate of drug-likeness (QED) is 0.547. The molecule has 1 heterocycles. The molecule has 3 atom stereocenters. The molecule has 0 bridgehead atoms. The third kappa shape index (κ3) is 5.07. The molecule has 35 heavy (non-hydrogen) atoms. The first-order chi connectivity index (χ1) is 16.5. The molecule has 2 aromatic rings. The van der Waals surface area contributed by atoms with Gasteiger partial charge in [0.05, 0.1) is 6.04 Å². The number of hydrogen-bond acceptors (Lipinski definition) is 4. The van der Waals surface area contributed by atoms with Gasteiger partial charge in [0.25, 0.3) is 5.91 Å². The lowest BCUT2D eigenvalue weighted by molar-refractivity contribution is -0.142.